The summed E-state index contributed by atoms with van der Waals surface area (Å²) in [5.74, 6) is 1.51. The van der Waals surface area contributed by atoms with Gasteiger partial charge in [0.2, 0.25) is 0 Å². The minimum Gasteiger partial charge on any atom is -0.394 e. The highest BCUT2D eigenvalue weighted by Gasteiger charge is 2.27. The van der Waals surface area contributed by atoms with Crippen LogP contribution in [0.3, 0.4) is 0 Å². The molecule has 4 heteroatoms. The fourth-order valence-electron chi connectivity index (χ4n) is 3.13. The largest absolute Gasteiger partial charge is 0.394 e. The molecule has 3 atom stereocenters. The summed E-state index contributed by atoms with van der Waals surface area (Å²) >= 11 is 0. The van der Waals surface area contributed by atoms with Crippen LogP contribution in [0.25, 0.3) is 0 Å². The summed E-state index contributed by atoms with van der Waals surface area (Å²) in [6, 6.07) is 0.175. The maximum atomic E-state index is 9.17. The Kier molecular flexibility index (Phi) is 3.84. The average Bonchev–Trinajstić information content (AvgIpc) is 2.75. The molecule has 1 aromatic rings. The van der Waals surface area contributed by atoms with Crippen LogP contribution in [0.2, 0.25) is 0 Å². The van der Waals surface area contributed by atoms with Crippen molar-refractivity contribution in [3.63, 3.8) is 0 Å². The smallest absolute Gasteiger partial charge is 0.0951 e. The second-order valence-electron chi connectivity index (χ2n) is 5.59. The zero-order valence-corrected chi connectivity index (χ0v) is 10.7. The van der Waals surface area contributed by atoms with Gasteiger partial charge in [0.1, 0.15) is 0 Å². The lowest BCUT2D eigenvalue weighted by atomic mass is 9.80. The maximum Gasteiger partial charge on any atom is 0.0951 e. The second kappa shape index (κ2) is 5.19. The van der Waals surface area contributed by atoms with E-state index in [9.17, 15) is 0 Å². The van der Waals surface area contributed by atoms with Crippen molar-refractivity contribution in [2.75, 3.05) is 6.61 Å². The Bertz CT molecular complexity index is 353. The monoisotopic (exact) mass is 237 g/mol. The van der Waals surface area contributed by atoms with Gasteiger partial charge in [-0.05, 0) is 31.1 Å². The van der Waals surface area contributed by atoms with Gasteiger partial charge in [0.05, 0.1) is 24.7 Å². The fraction of sp³-hybridized carbons (Fsp3) is 0.769. The van der Waals surface area contributed by atoms with Crippen molar-refractivity contribution < 1.29 is 5.11 Å². The molecule has 0 amide bonds. The van der Waals surface area contributed by atoms with E-state index in [1.807, 2.05) is 6.33 Å². The van der Waals surface area contributed by atoms with Crippen LogP contribution in [0.1, 0.15) is 50.9 Å². The van der Waals surface area contributed by atoms with Gasteiger partial charge in [0, 0.05) is 12.2 Å². The van der Waals surface area contributed by atoms with Crippen LogP contribution in [0.4, 0.5) is 0 Å². The van der Waals surface area contributed by atoms with Crippen LogP contribution in [-0.4, -0.2) is 21.3 Å². The standard InChI is InChI=1S/C13H23N3O/c1-9-3-10(2)5-11(4-9)16-8-15-6-13(16)12(14)7-17/h6,8-12,17H,3-5,7,14H2,1-2H3. The fourth-order valence-corrected chi connectivity index (χ4v) is 3.13. The number of imidazole rings is 1. The third-order valence-corrected chi connectivity index (χ3v) is 3.82. The van der Waals surface area contributed by atoms with Crippen molar-refractivity contribution in [2.24, 2.45) is 17.6 Å². The Morgan fingerprint density at radius 2 is 2.06 bits per heavy atom. The first-order chi connectivity index (χ1) is 8.11. The Balaban J connectivity index is 2.18. The lowest BCUT2D eigenvalue weighted by Crippen LogP contribution is -2.26. The van der Waals surface area contributed by atoms with E-state index < -0.39 is 0 Å². The molecular weight excluding hydrogens is 214 g/mol. The van der Waals surface area contributed by atoms with Gasteiger partial charge in [-0.25, -0.2) is 4.98 Å². The normalized spacial score (nSPS) is 31.4. The third-order valence-electron chi connectivity index (χ3n) is 3.82. The molecule has 3 N–H and O–H groups in total. The summed E-state index contributed by atoms with van der Waals surface area (Å²) < 4.78 is 2.17. The molecule has 1 heterocycles. The predicted octanol–water partition coefficient (Wildman–Crippen LogP) is 1.87. The molecule has 1 aromatic heterocycles. The van der Waals surface area contributed by atoms with Crippen molar-refractivity contribution in [1.82, 2.24) is 9.55 Å². The molecule has 1 saturated carbocycles. The molecule has 0 bridgehead atoms. The van der Waals surface area contributed by atoms with Crippen molar-refractivity contribution in [3.05, 3.63) is 18.2 Å². The molecule has 0 radical (unpaired) electrons. The number of nitrogens with zero attached hydrogens (tertiary/aromatic N) is 2. The van der Waals surface area contributed by atoms with Crippen molar-refractivity contribution in [3.8, 4) is 0 Å². The van der Waals surface area contributed by atoms with Crippen LogP contribution < -0.4 is 5.73 Å². The first-order valence-electron chi connectivity index (χ1n) is 6.50. The van der Waals surface area contributed by atoms with Crippen molar-refractivity contribution in [2.45, 2.75) is 45.2 Å². The van der Waals surface area contributed by atoms with Crippen LogP contribution in [0, 0.1) is 11.8 Å². The van der Waals surface area contributed by atoms with Gasteiger partial charge in [-0.1, -0.05) is 13.8 Å². The summed E-state index contributed by atoms with van der Waals surface area (Å²) in [4.78, 5) is 4.19. The van der Waals surface area contributed by atoms with Crippen LogP contribution in [0.15, 0.2) is 12.5 Å². The van der Waals surface area contributed by atoms with Crippen molar-refractivity contribution >= 4 is 0 Å². The van der Waals surface area contributed by atoms with E-state index in [1.54, 1.807) is 6.20 Å². The molecule has 3 unspecified atom stereocenters. The number of hydrogen-bond donors (Lipinski definition) is 2. The van der Waals surface area contributed by atoms with E-state index in [0.717, 1.165) is 17.5 Å². The summed E-state index contributed by atoms with van der Waals surface area (Å²) in [5, 5.41) is 9.17. The highest BCUT2D eigenvalue weighted by atomic mass is 16.3. The first-order valence-corrected chi connectivity index (χ1v) is 6.50. The van der Waals surface area contributed by atoms with Crippen LogP contribution >= 0.6 is 0 Å². The molecule has 1 aliphatic carbocycles. The predicted molar refractivity (Wildman–Crippen MR) is 67.5 cm³/mol. The highest BCUT2D eigenvalue weighted by molar-refractivity contribution is 5.06. The van der Waals surface area contributed by atoms with Gasteiger partial charge >= 0.3 is 0 Å². The number of aliphatic hydroxyl groups excluding tert-OH is 1. The summed E-state index contributed by atoms with van der Waals surface area (Å²) in [6.07, 6.45) is 7.33. The Labute approximate surface area is 103 Å². The zero-order valence-electron chi connectivity index (χ0n) is 10.7. The quantitative estimate of drug-likeness (QED) is 0.843. The first kappa shape index (κ1) is 12.6. The van der Waals surface area contributed by atoms with E-state index in [4.69, 9.17) is 10.8 Å². The lowest BCUT2D eigenvalue weighted by molar-refractivity contribution is 0.210. The lowest BCUT2D eigenvalue weighted by Gasteiger charge is -2.33. The number of nitrogens with two attached hydrogens (primary N) is 1. The van der Waals surface area contributed by atoms with Crippen LogP contribution in [0.5, 0.6) is 0 Å². The number of rotatable bonds is 3. The Morgan fingerprint density at radius 1 is 1.41 bits per heavy atom. The highest BCUT2D eigenvalue weighted by Crippen LogP contribution is 2.36. The number of aliphatic hydroxyl groups is 1. The van der Waals surface area contributed by atoms with E-state index >= 15 is 0 Å². The zero-order chi connectivity index (χ0) is 12.4. The molecule has 0 aliphatic heterocycles. The van der Waals surface area contributed by atoms with Gasteiger partial charge in [-0.3, -0.25) is 0 Å². The molecule has 1 fully saturated rings. The van der Waals surface area contributed by atoms with Gasteiger partial charge < -0.3 is 15.4 Å². The van der Waals surface area contributed by atoms with Gasteiger partial charge in [-0.15, -0.1) is 0 Å². The minimum absolute atomic E-state index is 0.0243. The second-order valence-corrected chi connectivity index (χ2v) is 5.59. The number of hydrogen-bond acceptors (Lipinski definition) is 3. The molecule has 96 valence electrons. The summed E-state index contributed by atoms with van der Waals surface area (Å²) in [7, 11) is 0. The van der Waals surface area contributed by atoms with Crippen molar-refractivity contribution in [1.29, 1.82) is 0 Å². The Morgan fingerprint density at radius 3 is 2.65 bits per heavy atom. The third kappa shape index (κ3) is 2.69. The SMILES string of the molecule is CC1CC(C)CC(n2cncc2C(N)CO)C1. The maximum absolute atomic E-state index is 9.17. The minimum atomic E-state index is -0.315. The van der Waals surface area contributed by atoms with Crippen LogP contribution in [-0.2, 0) is 0 Å². The molecule has 0 saturated heterocycles. The van der Waals surface area contributed by atoms with Gasteiger partial charge in [0.15, 0.2) is 0 Å². The summed E-state index contributed by atoms with van der Waals surface area (Å²) in [6.45, 7) is 4.60. The van der Waals surface area contributed by atoms with Gasteiger partial charge in [0.25, 0.3) is 0 Å². The summed E-state index contributed by atoms with van der Waals surface area (Å²) in [5.41, 5.74) is 6.86. The molecule has 2 rings (SSSR count). The van der Waals surface area contributed by atoms with E-state index in [-0.39, 0.29) is 12.6 Å². The van der Waals surface area contributed by atoms with E-state index in [2.05, 4.69) is 23.4 Å². The van der Waals surface area contributed by atoms with E-state index in [1.165, 1.54) is 19.3 Å². The average molecular weight is 237 g/mol. The molecule has 0 aromatic carbocycles. The molecule has 17 heavy (non-hydrogen) atoms. The molecule has 4 nitrogen and oxygen atoms in total. The molecule has 1 aliphatic rings. The topological polar surface area (TPSA) is 64.1 Å². The van der Waals surface area contributed by atoms with Gasteiger partial charge in [-0.2, -0.15) is 0 Å². The number of aromatic nitrogens is 2. The Hall–Kier alpha value is -0.870. The van der Waals surface area contributed by atoms with E-state index in [0.29, 0.717) is 6.04 Å². The molecule has 0 spiro atoms. The molecular formula is C13H23N3O.